The molecule has 0 aliphatic rings. The van der Waals surface area contributed by atoms with Crippen molar-refractivity contribution in [3.8, 4) is 0 Å². The zero-order valence-electron chi connectivity index (χ0n) is 9.39. The molecule has 0 aliphatic heterocycles. The van der Waals surface area contributed by atoms with Gasteiger partial charge in [-0.05, 0) is 34.6 Å². The van der Waals surface area contributed by atoms with Gasteiger partial charge in [0.25, 0.3) is 5.91 Å². The number of nitrogens with two attached hydrogens (primary N) is 1. The first-order chi connectivity index (χ1) is 8.69. The fourth-order valence-electron chi connectivity index (χ4n) is 1.28. The van der Waals surface area contributed by atoms with Crippen molar-refractivity contribution >= 4 is 39.0 Å². The van der Waals surface area contributed by atoms with Gasteiger partial charge in [0.1, 0.15) is 11.5 Å². The zero-order chi connectivity index (χ0) is 13.0. The molecule has 5 nitrogen and oxygen atoms in total. The van der Waals surface area contributed by atoms with Gasteiger partial charge in [-0.3, -0.25) is 4.79 Å². The van der Waals surface area contributed by atoms with Gasteiger partial charge >= 0.3 is 0 Å². The Morgan fingerprint density at radius 3 is 3.00 bits per heavy atom. The molecule has 2 aromatic rings. The maximum Gasteiger partial charge on any atom is 0.276 e. The van der Waals surface area contributed by atoms with Crippen molar-refractivity contribution in [2.45, 2.75) is 6.42 Å². The van der Waals surface area contributed by atoms with Gasteiger partial charge in [-0.2, -0.15) is 0 Å². The first kappa shape index (κ1) is 13.1. The molecule has 0 bridgehead atoms. The normalized spacial score (nSPS) is 10.3. The van der Waals surface area contributed by atoms with Gasteiger partial charge in [-0.25, -0.2) is 9.97 Å². The highest BCUT2D eigenvalue weighted by Crippen LogP contribution is 2.13. The van der Waals surface area contributed by atoms with Crippen LogP contribution in [0.3, 0.4) is 0 Å². The fraction of sp³-hybridized carbons (Fsp3) is 0.182. The summed E-state index contributed by atoms with van der Waals surface area (Å²) >= 11 is 4.72. The van der Waals surface area contributed by atoms with Crippen LogP contribution in [0, 0.1) is 0 Å². The summed E-state index contributed by atoms with van der Waals surface area (Å²) in [5, 5.41) is 5.27. The number of nitrogens with one attached hydrogen (secondary N) is 1. The summed E-state index contributed by atoms with van der Waals surface area (Å²) in [4.78, 5) is 20.1. The summed E-state index contributed by atoms with van der Waals surface area (Å²) in [5.74, 6) is 0.237. The highest BCUT2D eigenvalue weighted by molar-refractivity contribution is 9.10. The van der Waals surface area contributed by atoms with E-state index in [1.807, 2.05) is 6.07 Å². The van der Waals surface area contributed by atoms with E-state index in [9.17, 15) is 4.79 Å². The van der Waals surface area contributed by atoms with E-state index in [0.717, 1.165) is 9.48 Å². The van der Waals surface area contributed by atoms with Crippen LogP contribution in [0.2, 0.25) is 0 Å². The lowest BCUT2D eigenvalue weighted by Gasteiger charge is -2.01. The Morgan fingerprint density at radius 1 is 1.50 bits per heavy atom. The quantitative estimate of drug-likeness (QED) is 0.901. The number of carbonyl (C=O) groups excluding carboxylic acids is 1. The van der Waals surface area contributed by atoms with Crippen molar-refractivity contribution in [3.63, 3.8) is 0 Å². The summed E-state index contributed by atoms with van der Waals surface area (Å²) in [6.45, 7) is 0.531. The summed E-state index contributed by atoms with van der Waals surface area (Å²) in [7, 11) is 0. The minimum Gasteiger partial charge on any atom is -0.330 e. The molecule has 1 amide bonds. The molecule has 0 aromatic carbocycles. The molecule has 0 saturated carbocycles. The van der Waals surface area contributed by atoms with Gasteiger partial charge in [0.2, 0.25) is 0 Å². The Morgan fingerprint density at radius 2 is 2.33 bits per heavy atom. The molecule has 2 heterocycles. The Hall–Kier alpha value is -1.31. The second kappa shape index (κ2) is 6.03. The van der Waals surface area contributed by atoms with Crippen LogP contribution < -0.4 is 11.1 Å². The van der Waals surface area contributed by atoms with E-state index < -0.39 is 0 Å². The van der Waals surface area contributed by atoms with Gasteiger partial charge in [-0.1, -0.05) is 0 Å². The van der Waals surface area contributed by atoms with E-state index in [2.05, 4.69) is 31.2 Å². The summed E-state index contributed by atoms with van der Waals surface area (Å²) in [6, 6.07) is 3.53. The van der Waals surface area contributed by atoms with Crippen LogP contribution in [0.15, 0.2) is 28.2 Å². The molecule has 0 fully saturated rings. The van der Waals surface area contributed by atoms with Crippen LogP contribution in [0.25, 0.3) is 0 Å². The van der Waals surface area contributed by atoms with Crippen molar-refractivity contribution in [1.82, 2.24) is 9.97 Å². The van der Waals surface area contributed by atoms with Gasteiger partial charge in [0.05, 0.1) is 5.01 Å². The van der Waals surface area contributed by atoms with E-state index in [4.69, 9.17) is 5.73 Å². The van der Waals surface area contributed by atoms with Crippen molar-refractivity contribution in [3.05, 3.63) is 38.9 Å². The number of amides is 1. The predicted molar refractivity (Wildman–Crippen MR) is 74.8 cm³/mol. The van der Waals surface area contributed by atoms with Crippen molar-refractivity contribution in [2.24, 2.45) is 5.73 Å². The van der Waals surface area contributed by atoms with Crippen LogP contribution >= 0.6 is 27.3 Å². The molecule has 0 saturated heterocycles. The van der Waals surface area contributed by atoms with Gasteiger partial charge in [0.15, 0.2) is 0 Å². The number of hydrogen-bond acceptors (Lipinski definition) is 5. The molecule has 0 aliphatic carbocycles. The number of thiazole rings is 1. The third-order valence-corrected chi connectivity index (χ3v) is 3.49. The van der Waals surface area contributed by atoms with Crippen molar-refractivity contribution < 1.29 is 4.79 Å². The summed E-state index contributed by atoms with van der Waals surface area (Å²) in [6.07, 6.45) is 2.31. The number of anilines is 1. The molecule has 3 N–H and O–H groups in total. The Bertz CT molecular complexity index is 540. The lowest BCUT2D eigenvalue weighted by atomic mass is 10.4. The summed E-state index contributed by atoms with van der Waals surface area (Å²) in [5.41, 5.74) is 5.83. The van der Waals surface area contributed by atoms with E-state index in [-0.39, 0.29) is 5.91 Å². The Balaban J connectivity index is 2.04. The maximum atomic E-state index is 11.9. The van der Waals surface area contributed by atoms with Gasteiger partial charge in [0, 0.05) is 22.5 Å². The topological polar surface area (TPSA) is 80.9 Å². The monoisotopic (exact) mass is 326 g/mol. The smallest absolute Gasteiger partial charge is 0.276 e. The molecular formula is C11H11BrN4OS. The van der Waals surface area contributed by atoms with E-state index in [0.29, 0.717) is 24.5 Å². The second-order valence-electron chi connectivity index (χ2n) is 3.48. The lowest BCUT2D eigenvalue weighted by Crippen LogP contribution is -2.13. The maximum absolute atomic E-state index is 11.9. The van der Waals surface area contributed by atoms with Crippen LogP contribution in [0.5, 0.6) is 0 Å². The number of nitrogens with zero attached hydrogens (tertiary/aromatic N) is 2. The first-order valence-corrected chi connectivity index (χ1v) is 6.93. The standard InChI is InChI=1S/C11H11BrN4OS/c12-7-1-2-9(14-5-7)16-11(17)8-6-18-10(15-8)3-4-13/h1-2,5-6H,3-4,13H2,(H,14,16,17). The number of aromatic nitrogens is 2. The van der Waals surface area contributed by atoms with Crippen molar-refractivity contribution in [2.75, 3.05) is 11.9 Å². The molecule has 0 unspecified atom stereocenters. The first-order valence-electron chi connectivity index (χ1n) is 5.26. The van der Waals surface area contributed by atoms with Crippen LogP contribution in [0.4, 0.5) is 5.82 Å². The fourth-order valence-corrected chi connectivity index (χ4v) is 2.31. The number of carbonyl (C=O) groups is 1. The van der Waals surface area contributed by atoms with Gasteiger partial charge in [-0.15, -0.1) is 11.3 Å². The van der Waals surface area contributed by atoms with E-state index in [1.54, 1.807) is 17.6 Å². The highest BCUT2D eigenvalue weighted by Gasteiger charge is 2.11. The molecule has 18 heavy (non-hydrogen) atoms. The van der Waals surface area contributed by atoms with Crippen LogP contribution in [-0.2, 0) is 6.42 Å². The van der Waals surface area contributed by atoms with Gasteiger partial charge < -0.3 is 11.1 Å². The highest BCUT2D eigenvalue weighted by atomic mass is 79.9. The average Bonchev–Trinajstić information content (AvgIpc) is 2.81. The number of pyridine rings is 1. The largest absolute Gasteiger partial charge is 0.330 e. The molecule has 7 heteroatoms. The molecule has 0 spiro atoms. The SMILES string of the molecule is NCCc1nc(C(=O)Nc2ccc(Br)cn2)cs1. The van der Waals surface area contributed by atoms with Crippen molar-refractivity contribution in [1.29, 1.82) is 0 Å². The molecular weight excluding hydrogens is 316 g/mol. The minimum atomic E-state index is -0.260. The Labute approximate surface area is 117 Å². The molecule has 0 radical (unpaired) electrons. The van der Waals surface area contributed by atoms with Crippen LogP contribution in [0.1, 0.15) is 15.5 Å². The zero-order valence-corrected chi connectivity index (χ0v) is 11.8. The Kier molecular flexibility index (Phi) is 4.40. The molecule has 0 atom stereocenters. The molecule has 94 valence electrons. The molecule has 2 aromatic heterocycles. The third kappa shape index (κ3) is 3.34. The number of halogens is 1. The van der Waals surface area contributed by atoms with E-state index in [1.165, 1.54) is 11.3 Å². The average molecular weight is 327 g/mol. The van der Waals surface area contributed by atoms with Crippen LogP contribution in [-0.4, -0.2) is 22.4 Å². The lowest BCUT2D eigenvalue weighted by molar-refractivity contribution is 0.102. The second-order valence-corrected chi connectivity index (χ2v) is 5.34. The molecule has 2 rings (SSSR count). The number of hydrogen-bond donors (Lipinski definition) is 2. The summed E-state index contributed by atoms with van der Waals surface area (Å²) < 4.78 is 0.861. The third-order valence-electron chi connectivity index (χ3n) is 2.11. The predicted octanol–water partition coefficient (Wildman–Crippen LogP) is 2.05. The number of rotatable bonds is 4. The van der Waals surface area contributed by atoms with E-state index >= 15 is 0 Å². The minimum absolute atomic E-state index is 0.260.